The zero-order chi connectivity index (χ0) is 13.8. The van der Waals surface area contributed by atoms with Crippen LogP contribution in [-0.2, 0) is 6.54 Å². The molecule has 0 radical (unpaired) electrons. The molecule has 0 saturated carbocycles. The van der Waals surface area contributed by atoms with Gasteiger partial charge in [-0.3, -0.25) is 0 Å². The molecular formula is C15H14Cl2FN. The van der Waals surface area contributed by atoms with E-state index in [4.69, 9.17) is 23.2 Å². The Morgan fingerprint density at radius 1 is 1.16 bits per heavy atom. The second-order valence-corrected chi connectivity index (χ2v) is 5.24. The quantitative estimate of drug-likeness (QED) is 0.839. The van der Waals surface area contributed by atoms with Crippen molar-refractivity contribution in [3.05, 3.63) is 69.5 Å². The monoisotopic (exact) mass is 297 g/mol. The fraction of sp³-hybridized carbons (Fsp3) is 0.200. The van der Waals surface area contributed by atoms with Crippen molar-refractivity contribution in [3.63, 3.8) is 0 Å². The van der Waals surface area contributed by atoms with Gasteiger partial charge in [-0.1, -0.05) is 35.3 Å². The molecule has 0 fully saturated rings. The summed E-state index contributed by atoms with van der Waals surface area (Å²) in [5, 5.41) is 4.62. The fourth-order valence-corrected chi connectivity index (χ4v) is 2.21. The first-order valence-corrected chi connectivity index (χ1v) is 6.74. The Balaban J connectivity index is 2.04. The van der Waals surface area contributed by atoms with Crippen LogP contribution in [0.25, 0.3) is 0 Å². The Bertz CT molecular complexity index is 572. The molecule has 1 N–H and O–H groups in total. The topological polar surface area (TPSA) is 12.0 Å². The summed E-state index contributed by atoms with van der Waals surface area (Å²) >= 11 is 12.0. The molecule has 19 heavy (non-hydrogen) atoms. The minimum Gasteiger partial charge on any atom is -0.306 e. The molecule has 0 aromatic heterocycles. The van der Waals surface area contributed by atoms with Crippen molar-refractivity contribution in [3.8, 4) is 0 Å². The number of nitrogens with one attached hydrogen (secondary N) is 1. The van der Waals surface area contributed by atoms with Crippen LogP contribution in [0, 0.1) is 5.82 Å². The predicted molar refractivity (Wildman–Crippen MR) is 78.1 cm³/mol. The summed E-state index contributed by atoms with van der Waals surface area (Å²) < 4.78 is 13.1. The van der Waals surface area contributed by atoms with Crippen LogP contribution in [0.1, 0.15) is 24.1 Å². The molecule has 2 aromatic rings. The molecule has 0 amide bonds. The SMILES string of the molecule is C[C@@H](NCc1cc(Cl)ccc1Cl)c1cccc(F)c1. The number of hydrogen-bond donors (Lipinski definition) is 1. The minimum atomic E-state index is -0.230. The number of benzene rings is 2. The van der Waals surface area contributed by atoms with Gasteiger partial charge in [0.1, 0.15) is 5.82 Å². The van der Waals surface area contributed by atoms with Gasteiger partial charge >= 0.3 is 0 Å². The maximum Gasteiger partial charge on any atom is 0.123 e. The average molecular weight is 298 g/mol. The van der Waals surface area contributed by atoms with E-state index in [2.05, 4.69) is 5.32 Å². The van der Waals surface area contributed by atoms with Gasteiger partial charge in [-0.25, -0.2) is 4.39 Å². The fourth-order valence-electron chi connectivity index (χ4n) is 1.84. The van der Waals surface area contributed by atoms with E-state index in [0.717, 1.165) is 11.1 Å². The molecule has 0 heterocycles. The van der Waals surface area contributed by atoms with E-state index in [1.165, 1.54) is 12.1 Å². The van der Waals surface area contributed by atoms with Gasteiger partial charge in [0, 0.05) is 22.6 Å². The lowest BCUT2D eigenvalue weighted by atomic mass is 10.1. The van der Waals surface area contributed by atoms with Crippen LogP contribution in [0.15, 0.2) is 42.5 Å². The average Bonchev–Trinajstić information content (AvgIpc) is 2.39. The van der Waals surface area contributed by atoms with E-state index in [9.17, 15) is 4.39 Å². The highest BCUT2D eigenvalue weighted by atomic mass is 35.5. The summed E-state index contributed by atoms with van der Waals surface area (Å²) in [7, 11) is 0. The molecule has 0 saturated heterocycles. The molecule has 1 atom stereocenters. The first-order valence-electron chi connectivity index (χ1n) is 5.99. The first-order chi connectivity index (χ1) is 9.06. The first kappa shape index (κ1) is 14.3. The van der Waals surface area contributed by atoms with Crippen molar-refractivity contribution in [1.29, 1.82) is 0 Å². The molecule has 0 unspecified atom stereocenters. The van der Waals surface area contributed by atoms with Gasteiger partial charge in [-0.15, -0.1) is 0 Å². The Morgan fingerprint density at radius 2 is 1.95 bits per heavy atom. The Hall–Kier alpha value is -1.09. The zero-order valence-corrected chi connectivity index (χ0v) is 12.0. The van der Waals surface area contributed by atoms with Gasteiger partial charge in [0.25, 0.3) is 0 Å². The van der Waals surface area contributed by atoms with Gasteiger partial charge in [0.15, 0.2) is 0 Å². The van der Waals surface area contributed by atoms with Gasteiger partial charge in [0.05, 0.1) is 0 Å². The summed E-state index contributed by atoms with van der Waals surface area (Å²) in [4.78, 5) is 0. The molecule has 0 aliphatic carbocycles. The molecule has 0 aliphatic heterocycles. The van der Waals surface area contributed by atoms with Gasteiger partial charge in [-0.05, 0) is 48.4 Å². The van der Waals surface area contributed by atoms with Crippen LogP contribution in [0.3, 0.4) is 0 Å². The summed E-state index contributed by atoms with van der Waals surface area (Å²) in [5.74, 6) is -0.230. The zero-order valence-electron chi connectivity index (χ0n) is 10.5. The molecule has 0 spiro atoms. The highest BCUT2D eigenvalue weighted by Gasteiger charge is 2.07. The molecule has 4 heteroatoms. The number of halogens is 3. The molecule has 0 bridgehead atoms. The standard InChI is InChI=1S/C15H14Cl2FN/c1-10(11-3-2-4-14(18)8-11)19-9-12-7-13(16)5-6-15(12)17/h2-8,10,19H,9H2,1H3/t10-/m1/s1. The summed E-state index contributed by atoms with van der Waals surface area (Å²) in [5.41, 5.74) is 1.83. The second kappa shape index (κ2) is 6.38. The summed E-state index contributed by atoms with van der Waals surface area (Å²) in [6.07, 6.45) is 0. The van der Waals surface area contributed by atoms with E-state index in [0.29, 0.717) is 16.6 Å². The van der Waals surface area contributed by atoms with E-state index in [1.807, 2.05) is 19.1 Å². The van der Waals surface area contributed by atoms with Crippen molar-refractivity contribution in [2.45, 2.75) is 19.5 Å². The van der Waals surface area contributed by atoms with Crippen LogP contribution in [0.5, 0.6) is 0 Å². The molecule has 2 rings (SSSR count). The van der Waals surface area contributed by atoms with E-state index in [-0.39, 0.29) is 11.9 Å². The number of hydrogen-bond acceptors (Lipinski definition) is 1. The van der Waals surface area contributed by atoms with Crippen LogP contribution in [-0.4, -0.2) is 0 Å². The lowest BCUT2D eigenvalue weighted by Gasteiger charge is -2.15. The molecule has 1 nitrogen and oxygen atoms in total. The van der Waals surface area contributed by atoms with Crippen molar-refractivity contribution < 1.29 is 4.39 Å². The van der Waals surface area contributed by atoms with Gasteiger partial charge < -0.3 is 5.32 Å². The second-order valence-electron chi connectivity index (χ2n) is 4.39. The number of rotatable bonds is 4. The maximum absolute atomic E-state index is 13.1. The van der Waals surface area contributed by atoms with Gasteiger partial charge in [0.2, 0.25) is 0 Å². The molecule has 2 aromatic carbocycles. The highest BCUT2D eigenvalue weighted by molar-refractivity contribution is 6.33. The normalized spacial score (nSPS) is 12.4. The highest BCUT2D eigenvalue weighted by Crippen LogP contribution is 2.21. The summed E-state index contributed by atoms with van der Waals surface area (Å²) in [6.45, 7) is 2.56. The smallest absolute Gasteiger partial charge is 0.123 e. The van der Waals surface area contributed by atoms with E-state index in [1.54, 1.807) is 18.2 Å². The third kappa shape index (κ3) is 3.93. The van der Waals surface area contributed by atoms with Crippen LogP contribution >= 0.6 is 23.2 Å². The Kier molecular flexibility index (Phi) is 4.81. The van der Waals surface area contributed by atoms with Crippen LogP contribution in [0.4, 0.5) is 4.39 Å². The molecule has 0 aliphatic rings. The van der Waals surface area contributed by atoms with Crippen molar-refractivity contribution in [1.82, 2.24) is 5.32 Å². The van der Waals surface area contributed by atoms with Crippen molar-refractivity contribution >= 4 is 23.2 Å². The van der Waals surface area contributed by atoms with Crippen molar-refractivity contribution in [2.75, 3.05) is 0 Å². The Labute approximate surface area is 122 Å². The lowest BCUT2D eigenvalue weighted by Crippen LogP contribution is -2.18. The van der Waals surface area contributed by atoms with Crippen molar-refractivity contribution in [2.24, 2.45) is 0 Å². The van der Waals surface area contributed by atoms with Crippen LogP contribution in [0.2, 0.25) is 10.0 Å². The lowest BCUT2D eigenvalue weighted by molar-refractivity contribution is 0.565. The molecular weight excluding hydrogens is 284 g/mol. The minimum absolute atomic E-state index is 0.0331. The Morgan fingerprint density at radius 3 is 2.68 bits per heavy atom. The largest absolute Gasteiger partial charge is 0.306 e. The third-order valence-electron chi connectivity index (χ3n) is 2.96. The maximum atomic E-state index is 13.1. The summed E-state index contributed by atoms with van der Waals surface area (Å²) in [6, 6.07) is 11.9. The van der Waals surface area contributed by atoms with E-state index >= 15 is 0 Å². The van der Waals surface area contributed by atoms with Crippen LogP contribution < -0.4 is 5.32 Å². The molecule has 100 valence electrons. The predicted octanol–water partition coefficient (Wildman–Crippen LogP) is 4.98. The third-order valence-corrected chi connectivity index (χ3v) is 3.56. The van der Waals surface area contributed by atoms with E-state index < -0.39 is 0 Å². The van der Waals surface area contributed by atoms with Gasteiger partial charge in [-0.2, -0.15) is 0 Å².